The van der Waals surface area contributed by atoms with E-state index in [9.17, 15) is 8.78 Å². The van der Waals surface area contributed by atoms with E-state index in [1.165, 1.54) is 6.07 Å². The molecule has 3 aromatic rings. The second-order valence-electron chi connectivity index (χ2n) is 4.63. The molecule has 21 heavy (non-hydrogen) atoms. The van der Waals surface area contributed by atoms with Crippen molar-refractivity contribution in [3.63, 3.8) is 0 Å². The summed E-state index contributed by atoms with van der Waals surface area (Å²) in [4.78, 5) is 4.49. The maximum Gasteiger partial charge on any atom is 0.159 e. The third-order valence-electron chi connectivity index (χ3n) is 3.23. The fourth-order valence-electron chi connectivity index (χ4n) is 2.25. The van der Waals surface area contributed by atoms with Crippen molar-refractivity contribution in [2.75, 3.05) is 0 Å². The lowest BCUT2D eigenvalue weighted by Gasteiger charge is -2.08. The van der Waals surface area contributed by atoms with E-state index in [-0.39, 0.29) is 5.88 Å². The number of imidazole rings is 1. The van der Waals surface area contributed by atoms with Crippen molar-refractivity contribution in [2.45, 2.75) is 12.4 Å². The molecule has 0 atom stereocenters. The van der Waals surface area contributed by atoms with Crippen LogP contribution in [0.1, 0.15) is 11.4 Å². The van der Waals surface area contributed by atoms with Crippen LogP contribution < -0.4 is 0 Å². The Hall–Kier alpha value is -1.21. The molecule has 1 heterocycles. The number of hydrogen-bond donors (Lipinski definition) is 0. The van der Waals surface area contributed by atoms with Crippen molar-refractivity contribution in [3.8, 4) is 0 Å². The minimum absolute atomic E-state index is 0.259. The Morgan fingerprint density at radius 3 is 2.62 bits per heavy atom. The van der Waals surface area contributed by atoms with Gasteiger partial charge in [-0.2, -0.15) is 0 Å². The van der Waals surface area contributed by atoms with Gasteiger partial charge in [-0.15, -0.1) is 11.6 Å². The summed E-state index contributed by atoms with van der Waals surface area (Å²) >= 11 is 8.17. The normalized spacial score (nSPS) is 11.2. The molecule has 0 spiro atoms. The summed E-state index contributed by atoms with van der Waals surface area (Å²) in [6, 6.07) is 9.80. The van der Waals surface area contributed by atoms with E-state index < -0.39 is 11.6 Å². The van der Waals surface area contributed by atoms with Gasteiger partial charge in [-0.1, -0.05) is 6.07 Å². The van der Waals surface area contributed by atoms with Crippen molar-refractivity contribution < 1.29 is 8.78 Å². The van der Waals surface area contributed by atoms with E-state index in [4.69, 9.17) is 11.6 Å². The highest BCUT2D eigenvalue weighted by Crippen LogP contribution is 2.22. The van der Waals surface area contributed by atoms with Crippen molar-refractivity contribution in [1.82, 2.24) is 9.55 Å². The Morgan fingerprint density at radius 1 is 1.10 bits per heavy atom. The molecule has 1 aromatic heterocycles. The van der Waals surface area contributed by atoms with Gasteiger partial charge in [0.15, 0.2) is 11.6 Å². The summed E-state index contributed by atoms with van der Waals surface area (Å²) < 4.78 is 29.3. The molecule has 108 valence electrons. The Bertz CT molecular complexity index is 817. The first kappa shape index (κ1) is 14.7. The topological polar surface area (TPSA) is 17.8 Å². The molecule has 6 heteroatoms. The second-order valence-corrected chi connectivity index (χ2v) is 6.14. The highest BCUT2D eigenvalue weighted by Gasteiger charge is 2.12. The highest BCUT2D eigenvalue weighted by molar-refractivity contribution is 14.1. The van der Waals surface area contributed by atoms with Crippen LogP contribution in [0.15, 0.2) is 36.4 Å². The Kier molecular flexibility index (Phi) is 4.12. The average molecular weight is 419 g/mol. The zero-order valence-corrected chi connectivity index (χ0v) is 13.7. The summed E-state index contributed by atoms with van der Waals surface area (Å²) in [5.74, 6) is -0.728. The van der Waals surface area contributed by atoms with Gasteiger partial charge in [0.2, 0.25) is 0 Å². The quantitative estimate of drug-likeness (QED) is 0.445. The summed E-state index contributed by atoms with van der Waals surface area (Å²) in [6.45, 7) is 0.399. The van der Waals surface area contributed by atoms with Crippen LogP contribution >= 0.6 is 34.2 Å². The van der Waals surface area contributed by atoms with Gasteiger partial charge in [0, 0.05) is 10.1 Å². The van der Waals surface area contributed by atoms with Crippen LogP contribution in [0.2, 0.25) is 0 Å². The first-order valence-corrected chi connectivity index (χ1v) is 7.84. The zero-order chi connectivity index (χ0) is 15.0. The fourth-order valence-corrected chi connectivity index (χ4v) is 2.93. The van der Waals surface area contributed by atoms with Gasteiger partial charge in [0.05, 0.1) is 16.9 Å². The monoisotopic (exact) mass is 418 g/mol. The van der Waals surface area contributed by atoms with Crippen LogP contribution in [0.4, 0.5) is 8.78 Å². The maximum absolute atomic E-state index is 13.3. The summed E-state index contributed by atoms with van der Waals surface area (Å²) in [5.41, 5.74) is 2.44. The molecule has 0 N–H and O–H groups in total. The van der Waals surface area contributed by atoms with Crippen molar-refractivity contribution in [2.24, 2.45) is 0 Å². The lowest BCUT2D eigenvalue weighted by Crippen LogP contribution is -2.04. The number of fused-ring (bicyclic) bond motifs is 1. The summed E-state index contributed by atoms with van der Waals surface area (Å²) in [5, 5.41) is 0. The minimum Gasteiger partial charge on any atom is -0.322 e. The lowest BCUT2D eigenvalue weighted by atomic mass is 10.2. The average Bonchev–Trinajstić information content (AvgIpc) is 2.80. The van der Waals surface area contributed by atoms with Gasteiger partial charge in [-0.25, -0.2) is 13.8 Å². The number of halogens is 4. The molecule has 0 saturated carbocycles. The molecule has 0 fully saturated rings. The third kappa shape index (κ3) is 2.89. The smallest absolute Gasteiger partial charge is 0.159 e. The molecular weight excluding hydrogens is 409 g/mol. The number of hydrogen-bond acceptors (Lipinski definition) is 1. The number of alkyl halides is 1. The Balaban J connectivity index is 2.08. The van der Waals surface area contributed by atoms with E-state index in [1.54, 1.807) is 6.07 Å². The van der Waals surface area contributed by atoms with Crippen LogP contribution in [0.5, 0.6) is 0 Å². The van der Waals surface area contributed by atoms with Gasteiger partial charge in [-0.3, -0.25) is 0 Å². The largest absolute Gasteiger partial charge is 0.322 e. The van der Waals surface area contributed by atoms with Crippen molar-refractivity contribution in [3.05, 3.63) is 63.0 Å². The van der Waals surface area contributed by atoms with Gasteiger partial charge >= 0.3 is 0 Å². The fraction of sp³-hybridized carbons (Fsp3) is 0.133. The maximum atomic E-state index is 13.3. The molecule has 0 aliphatic carbocycles. The molecule has 0 saturated heterocycles. The lowest BCUT2D eigenvalue weighted by molar-refractivity contribution is 0.506. The Morgan fingerprint density at radius 2 is 1.90 bits per heavy atom. The standard InChI is InChI=1S/C15H10ClF2IN2/c16-7-15-20-13-6-10(19)2-4-14(13)21(15)8-9-1-3-11(17)12(18)5-9/h1-6H,7-8H2. The van der Waals surface area contributed by atoms with Gasteiger partial charge < -0.3 is 4.57 Å². The van der Waals surface area contributed by atoms with Gasteiger partial charge in [-0.05, 0) is 58.5 Å². The molecule has 0 unspecified atom stereocenters. The number of nitrogens with zero attached hydrogens (tertiary/aromatic N) is 2. The number of rotatable bonds is 3. The van der Waals surface area contributed by atoms with E-state index in [1.807, 2.05) is 22.8 Å². The van der Waals surface area contributed by atoms with Crippen molar-refractivity contribution >= 4 is 45.2 Å². The summed E-state index contributed by atoms with van der Waals surface area (Å²) in [7, 11) is 0. The minimum atomic E-state index is -0.848. The first-order valence-electron chi connectivity index (χ1n) is 6.23. The highest BCUT2D eigenvalue weighted by atomic mass is 127. The molecule has 0 amide bonds. The molecule has 0 aliphatic rings. The zero-order valence-electron chi connectivity index (χ0n) is 10.8. The van der Waals surface area contributed by atoms with Gasteiger partial charge in [0.1, 0.15) is 5.82 Å². The SMILES string of the molecule is Fc1ccc(Cn2c(CCl)nc3cc(I)ccc32)cc1F. The predicted molar refractivity (Wildman–Crippen MR) is 87.5 cm³/mol. The molecule has 0 bridgehead atoms. The third-order valence-corrected chi connectivity index (χ3v) is 4.14. The van der Waals surface area contributed by atoms with E-state index in [0.717, 1.165) is 20.7 Å². The molecular formula is C15H10ClF2IN2. The number of benzene rings is 2. The predicted octanol–water partition coefficient (Wildman–Crippen LogP) is 4.71. The van der Waals surface area contributed by atoms with Crippen LogP contribution in [0.25, 0.3) is 11.0 Å². The van der Waals surface area contributed by atoms with Crippen LogP contribution in [0.3, 0.4) is 0 Å². The first-order chi connectivity index (χ1) is 10.1. The molecule has 3 rings (SSSR count). The van der Waals surface area contributed by atoms with Crippen LogP contribution in [-0.2, 0) is 12.4 Å². The van der Waals surface area contributed by atoms with Crippen LogP contribution in [0, 0.1) is 15.2 Å². The molecule has 0 aliphatic heterocycles. The molecule has 2 nitrogen and oxygen atoms in total. The van der Waals surface area contributed by atoms with Crippen LogP contribution in [-0.4, -0.2) is 9.55 Å². The molecule has 0 radical (unpaired) electrons. The molecule has 2 aromatic carbocycles. The van der Waals surface area contributed by atoms with E-state index in [2.05, 4.69) is 27.6 Å². The number of aromatic nitrogens is 2. The second kappa shape index (κ2) is 5.88. The van der Waals surface area contributed by atoms with E-state index in [0.29, 0.717) is 17.9 Å². The Labute approximate surface area is 138 Å². The van der Waals surface area contributed by atoms with Crippen molar-refractivity contribution in [1.29, 1.82) is 0 Å². The summed E-state index contributed by atoms with van der Waals surface area (Å²) in [6.07, 6.45) is 0. The van der Waals surface area contributed by atoms with E-state index >= 15 is 0 Å². The van der Waals surface area contributed by atoms with Gasteiger partial charge in [0.25, 0.3) is 0 Å².